The summed E-state index contributed by atoms with van der Waals surface area (Å²) in [4.78, 5) is 24.0. The van der Waals surface area contributed by atoms with Crippen LogP contribution >= 0.6 is 23.2 Å². The normalized spacial score (nSPS) is 10.2. The van der Waals surface area contributed by atoms with Gasteiger partial charge >= 0.3 is 127 Å². The maximum absolute atomic E-state index is 12.0. The van der Waals surface area contributed by atoms with E-state index in [1.807, 2.05) is 0 Å². The standard InChI is InChI=1S/C14H8Cl2O2Se/c15-11-5-1-3-9(7-11)13(17)19-14(18)10-4-2-6-12(16)8-10/h1-8H. The van der Waals surface area contributed by atoms with Gasteiger partial charge in [0.15, 0.2) is 0 Å². The maximum atomic E-state index is 12.0. The van der Waals surface area contributed by atoms with Crippen LogP contribution in [0.5, 0.6) is 0 Å². The van der Waals surface area contributed by atoms with Crippen molar-refractivity contribution in [3.8, 4) is 0 Å². The summed E-state index contributed by atoms with van der Waals surface area (Å²) in [5.74, 6) is 0. The van der Waals surface area contributed by atoms with Gasteiger partial charge in [0.1, 0.15) is 0 Å². The number of hydrogen-bond acceptors (Lipinski definition) is 2. The zero-order chi connectivity index (χ0) is 13.8. The second kappa shape index (κ2) is 6.36. The summed E-state index contributed by atoms with van der Waals surface area (Å²) in [5, 5.41) is 0.966. The average molecular weight is 358 g/mol. The second-order valence-corrected chi connectivity index (χ2v) is 6.55. The van der Waals surface area contributed by atoms with E-state index in [4.69, 9.17) is 23.2 Å². The summed E-state index contributed by atoms with van der Waals surface area (Å²) in [7, 11) is 0. The van der Waals surface area contributed by atoms with Crippen molar-refractivity contribution in [3.05, 3.63) is 69.7 Å². The molecule has 0 aliphatic heterocycles. The SMILES string of the molecule is O=C([Se]C(=O)c1cccc(Cl)c1)c1cccc(Cl)c1. The average Bonchev–Trinajstić information content (AvgIpc) is 2.38. The van der Waals surface area contributed by atoms with E-state index in [1.54, 1.807) is 48.5 Å². The minimum absolute atomic E-state index is 0.194. The van der Waals surface area contributed by atoms with Crippen LogP contribution in [-0.2, 0) is 0 Å². The molecule has 5 heteroatoms. The molecule has 0 spiro atoms. The van der Waals surface area contributed by atoms with Crippen molar-refractivity contribution in [1.29, 1.82) is 0 Å². The van der Waals surface area contributed by atoms with Crippen LogP contribution in [0, 0.1) is 0 Å². The first-order valence-corrected chi connectivity index (χ1v) is 7.81. The molecule has 0 saturated carbocycles. The van der Waals surface area contributed by atoms with Crippen molar-refractivity contribution >= 4 is 47.5 Å². The summed E-state index contributed by atoms with van der Waals surface area (Å²) in [6.45, 7) is 0. The van der Waals surface area contributed by atoms with Crippen LogP contribution in [0.2, 0.25) is 10.0 Å². The molecule has 0 aliphatic carbocycles. The Morgan fingerprint density at radius 2 is 1.21 bits per heavy atom. The minimum atomic E-state index is -0.810. The molecule has 0 heterocycles. The summed E-state index contributed by atoms with van der Waals surface area (Å²) in [6, 6.07) is 13.2. The van der Waals surface area contributed by atoms with Gasteiger partial charge < -0.3 is 0 Å². The zero-order valence-electron chi connectivity index (χ0n) is 9.60. The van der Waals surface area contributed by atoms with Crippen molar-refractivity contribution in [2.24, 2.45) is 0 Å². The van der Waals surface area contributed by atoms with Crippen LogP contribution in [0.1, 0.15) is 20.7 Å². The first-order chi connectivity index (χ1) is 9.06. The van der Waals surface area contributed by atoms with Gasteiger partial charge in [0.25, 0.3) is 0 Å². The molecule has 2 aromatic rings. The van der Waals surface area contributed by atoms with E-state index in [9.17, 15) is 9.59 Å². The Morgan fingerprint density at radius 1 is 0.789 bits per heavy atom. The fourth-order valence-electron chi connectivity index (χ4n) is 1.43. The Balaban J connectivity index is 2.13. The van der Waals surface area contributed by atoms with Crippen molar-refractivity contribution in [3.63, 3.8) is 0 Å². The van der Waals surface area contributed by atoms with E-state index in [-0.39, 0.29) is 9.36 Å². The number of benzene rings is 2. The number of rotatable bonds is 4. The Morgan fingerprint density at radius 3 is 1.58 bits per heavy atom. The van der Waals surface area contributed by atoms with E-state index < -0.39 is 15.0 Å². The van der Waals surface area contributed by atoms with Crippen LogP contribution in [0.15, 0.2) is 48.5 Å². The van der Waals surface area contributed by atoms with E-state index in [0.717, 1.165) is 0 Å². The fourth-order valence-corrected chi connectivity index (χ4v) is 3.19. The van der Waals surface area contributed by atoms with E-state index in [1.165, 1.54) is 0 Å². The molecule has 0 aromatic heterocycles. The van der Waals surface area contributed by atoms with Gasteiger partial charge in [0.05, 0.1) is 0 Å². The first-order valence-electron chi connectivity index (χ1n) is 5.34. The van der Waals surface area contributed by atoms with Crippen LogP contribution in [-0.4, -0.2) is 24.3 Å². The number of hydrogen-bond donors (Lipinski definition) is 0. The summed E-state index contributed by atoms with van der Waals surface area (Å²) in [5.41, 5.74) is 0.922. The summed E-state index contributed by atoms with van der Waals surface area (Å²) in [6.07, 6.45) is 0. The molecule has 2 rings (SSSR count). The van der Waals surface area contributed by atoms with Gasteiger partial charge in [-0.1, -0.05) is 0 Å². The Kier molecular flexibility index (Phi) is 4.78. The molecule has 0 amide bonds. The van der Waals surface area contributed by atoms with Crippen molar-refractivity contribution < 1.29 is 9.59 Å². The molecule has 2 aromatic carbocycles. The molecule has 96 valence electrons. The van der Waals surface area contributed by atoms with Gasteiger partial charge in [0.2, 0.25) is 0 Å². The van der Waals surface area contributed by atoms with E-state index >= 15 is 0 Å². The zero-order valence-corrected chi connectivity index (χ0v) is 12.8. The number of carbonyl (C=O) groups excluding carboxylic acids is 2. The van der Waals surface area contributed by atoms with Crippen LogP contribution in [0.4, 0.5) is 0 Å². The monoisotopic (exact) mass is 358 g/mol. The molecule has 0 bridgehead atoms. The molecular formula is C14H8Cl2O2Se. The van der Waals surface area contributed by atoms with Crippen LogP contribution < -0.4 is 0 Å². The number of halogens is 2. The topological polar surface area (TPSA) is 34.1 Å². The fraction of sp³-hybridized carbons (Fsp3) is 0. The molecule has 0 atom stereocenters. The molecule has 0 saturated heterocycles. The molecule has 0 N–H and O–H groups in total. The molecule has 0 fully saturated rings. The third kappa shape index (κ3) is 3.92. The van der Waals surface area contributed by atoms with Gasteiger partial charge in [-0.25, -0.2) is 0 Å². The predicted molar refractivity (Wildman–Crippen MR) is 77.3 cm³/mol. The molecule has 0 radical (unpaired) electrons. The first kappa shape index (κ1) is 14.3. The Hall–Kier alpha value is -1.12. The van der Waals surface area contributed by atoms with Crippen molar-refractivity contribution in [1.82, 2.24) is 0 Å². The molecule has 0 aliphatic rings. The predicted octanol–water partition coefficient (Wildman–Crippen LogP) is 3.68. The van der Waals surface area contributed by atoms with Gasteiger partial charge in [0, 0.05) is 0 Å². The summed E-state index contributed by atoms with van der Waals surface area (Å²) < 4.78 is -0.389. The number of carbonyl (C=O) groups is 2. The van der Waals surface area contributed by atoms with Crippen molar-refractivity contribution in [2.75, 3.05) is 0 Å². The Bertz CT molecular complexity index is 585. The third-order valence-electron chi connectivity index (χ3n) is 2.31. The molecule has 2 nitrogen and oxygen atoms in total. The van der Waals surface area contributed by atoms with Gasteiger partial charge in [-0.3, -0.25) is 0 Å². The molecular weight excluding hydrogens is 350 g/mol. The third-order valence-corrected chi connectivity index (χ3v) is 4.54. The van der Waals surface area contributed by atoms with E-state index in [2.05, 4.69) is 0 Å². The molecule has 19 heavy (non-hydrogen) atoms. The van der Waals surface area contributed by atoms with Crippen LogP contribution in [0.3, 0.4) is 0 Å². The van der Waals surface area contributed by atoms with Crippen molar-refractivity contribution in [2.45, 2.75) is 0 Å². The second-order valence-electron chi connectivity index (χ2n) is 3.70. The van der Waals surface area contributed by atoms with Gasteiger partial charge in [-0.05, 0) is 0 Å². The quantitative estimate of drug-likeness (QED) is 0.782. The molecule has 0 unspecified atom stereocenters. The van der Waals surface area contributed by atoms with Gasteiger partial charge in [-0.15, -0.1) is 0 Å². The van der Waals surface area contributed by atoms with Crippen LogP contribution in [0.25, 0.3) is 0 Å². The Labute approximate surface area is 126 Å². The van der Waals surface area contributed by atoms with Gasteiger partial charge in [-0.2, -0.15) is 0 Å². The summed E-state index contributed by atoms with van der Waals surface area (Å²) >= 11 is 10.8. The van der Waals surface area contributed by atoms with E-state index in [0.29, 0.717) is 21.2 Å².